The Morgan fingerprint density at radius 1 is 1.00 bits per heavy atom. The van der Waals surface area contributed by atoms with E-state index in [2.05, 4.69) is 11.8 Å². The van der Waals surface area contributed by atoms with E-state index in [1.54, 1.807) is 20.8 Å². The van der Waals surface area contributed by atoms with Crippen molar-refractivity contribution >= 4 is 11.8 Å². The fraction of sp³-hybridized carbons (Fsp3) is 0.947. The quantitative estimate of drug-likeness (QED) is 0.171. The molecule has 7 N–H and O–H groups in total. The van der Waals surface area contributed by atoms with Gasteiger partial charge in [0.25, 0.3) is 0 Å². The van der Waals surface area contributed by atoms with Gasteiger partial charge < -0.3 is 50.0 Å². The molecule has 3 aliphatic heterocycles. The largest absolute Gasteiger partial charge is 0.456 e. The summed E-state index contributed by atoms with van der Waals surface area (Å²) in [7, 11) is 0. The molecule has 7 fully saturated rings. The summed E-state index contributed by atoms with van der Waals surface area (Å²) in [4.78, 5) is 28.7. The molecule has 0 aromatic rings. The normalized spacial score (nSPS) is 54.7. The summed E-state index contributed by atoms with van der Waals surface area (Å²) in [6.45, 7) is 13.1. The molecular formula is C38H61NO12. The molecule has 4 bridgehead atoms. The predicted octanol–water partition coefficient (Wildman–Crippen LogP) is 0.508. The van der Waals surface area contributed by atoms with Gasteiger partial charge in [0.15, 0.2) is 17.7 Å². The second kappa shape index (κ2) is 12.1. The summed E-state index contributed by atoms with van der Waals surface area (Å²) in [5.74, 6) is -8.05. The minimum Gasteiger partial charge on any atom is -0.456 e. The van der Waals surface area contributed by atoms with Crippen LogP contribution in [0.1, 0.15) is 93.4 Å². The van der Waals surface area contributed by atoms with Gasteiger partial charge in [-0.05, 0) is 76.5 Å². The van der Waals surface area contributed by atoms with Gasteiger partial charge in [-0.1, -0.05) is 34.6 Å². The van der Waals surface area contributed by atoms with Gasteiger partial charge in [0.2, 0.25) is 0 Å². The number of carbonyl (C=O) groups is 2. The van der Waals surface area contributed by atoms with E-state index in [0.29, 0.717) is 25.3 Å². The molecule has 1 spiro atoms. The molecule has 290 valence electrons. The Morgan fingerprint density at radius 3 is 2.31 bits per heavy atom. The molecule has 4 aliphatic carbocycles. The summed E-state index contributed by atoms with van der Waals surface area (Å²) in [5, 5.41) is 85.4. The first-order chi connectivity index (χ1) is 23.7. The van der Waals surface area contributed by atoms with Crippen LogP contribution in [0.5, 0.6) is 0 Å². The number of hydrogen-bond donors (Lipinski definition) is 7. The number of aliphatic hydroxyl groups excluding tert-OH is 3. The number of ketones is 1. The van der Waals surface area contributed by atoms with Crippen molar-refractivity contribution in [2.75, 3.05) is 19.7 Å². The molecule has 3 heterocycles. The summed E-state index contributed by atoms with van der Waals surface area (Å²) >= 11 is 0. The zero-order valence-corrected chi connectivity index (χ0v) is 31.2. The summed E-state index contributed by atoms with van der Waals surface area (Å²) in [6.07, 6.45) is -4.55. The SMILES string of the molecule is CCC(C)C(=O)OC1C(O)C2C(CN3CC(C)CCC3C2(C)O)C2CC34OC5(O)C(OCC(=O)C(C)(O)CC)CCC3(C)C5C(O)C(O)C4C21O. The molecule has 0 aromatic carbocycles. The van der Waals surface area contributed by atoms with Crippen molar-refractivity contribution in [2.45, 2.75) is 158 Å². The van der Waals surface area contributed by atoms with Gasteiger partial charge in [0, 0.05) is 30.5 Å². The number of esters is 1. The van der Waals surface area contributed by atoms with Gasteiger partial charge in [-0.3, -0.25) is 14.5 Å². The van der Waals surface area contributed by atoms with Crippen LogP contribution in [0.4, 0.5) is 0 Å². The Bertz CT molecular complexity index is 1410. The van der Waals surface area contributed by atoms with Crippen LogP contribution in [0.25, 0.3) is 0 Å². The van der Waals surface area contributed by atoms with Crippen molar-refractivity contribution in [2.24, 2.45) is 46.8 Å². The van der Waals surface area contributed by atoms with Crippen molar-refractivity contribution in [1.29, 1.82) is 0 Å². The Balaban J connectivity index is 1.34. The second-order valence-corrected chi connectivity index (χ2v) is 18.4. The first-order valence-corrected chi connectivity index (χ1v) is 19.4. The lowest BCUT2D eigenvalue weighted by Crippen LogP contribution is -2.78. The van der Waals surface area contributed by atoms with Crippen LogP contribution in [0.2, 0.25) is 0 Å². The Morgan fingerprint density at radius 2 is 1.67 bits per heavy atom. The number of fused-ring (bicyclic) bond motifs is 5. The number of rotatable bonds is 8. The maximum Gasteiger partial charge on any atom is 0.309 e. The average molecular weight is 724 g/mol. The molecule has 13 heteroatoms. The number of hydrogen-bond acceptors (Lipinski definition) is 13. The maximum absolute atomic E-state index is 13.6. The Labute approximate surface area is 300 Å². The van der Waals surface area contributed by atoms with Crippen molar-refractivity contribution in [3.8, 4) is 0 Å². The lowest BCUT2D eigenvalue weighted by atomic mass is 9.48. The van der Waals surface area contributed by atoms with E-state index in [0.717, 1.165) is 19.4 Å². The molecule has 19 unspecified atom stereocenters. The molecule has 7 rings (SSSR count). The molecule has 51 heavy (non-hydrogen) atoms. The maximum atomic E-state index is 13.6. The smallest absolute Gasteiger partial charge is 0.309 e. The Kier molecular flexibility index (Phi) is 9.04. The third kappa shape index (κ3) is 4.88. The first kappa shape index (κ1) is 38.0. The van der Waals surface area contributed by atoms with E-state index in [4.69, 9.17) is 14.2 Å². The highest BCUT2D eigenvalue weighted by molar-refractivity contribution is 5.87. The van der Waals surface area contributed by atoms with Crippen LogP contribution in [0, 0.1) is 46.8 Å². The molecule has 0 radical (unpaired) electrons. The standard InChI is InChI=1S/C38H61NO12/c1-8-19(4)32(44)50-31-26(41)25-20(16-39-15-18(3)10-11-22(39)35(25,7)46)21-14-36-30(37(21,31)47)28(43)27(42)29-33(36,5)13-12-24(38(29,48)51-36)49-17-23(40)34(6,45)9-2/h18-22,24-31,41-43,45-48H,8-17H2,1-7H3. The highest BCUT2D eigenvalue weighted by Gasteiger charge is 2.88. The Hall–Kier alpha value is -1.26. The van der Waals surface area contributed by atoms with E-state index >= 15 is 0 Å². The predicted molar refractivity (Wildman–Crippen MR) is 181 cm³/mol. The molecule has 7 aliphatic rings. The molecule has 13 nitrogen and oxygen atoms in total. The van der Waals surface area contributed by atoms with E-state index in [-0.39, 0.29) is 25.3 Å². The van der Waals surface area contributed by atoms with Gasteiger partial charge in [-0.15, -0.1) is 0 Å². The topological polar surface area (TPSA) is 207 Å². The lowest BCUT2D eigenvalue weighted by Gasteiger charge is -2.64. The highest BCUT2D eigenvalue weighted by Crippen LogP contribution is 2.77. The molecule has 19 atom stereocenters. The van der Waals surface area contributed by atoms with Gasteiger partial charge >= 0.3 is 5.97 Å². The highest BCUT2D eigenvalue weighted by atomic mass is 16.7. The zero-order valence-electron chi connectivity index (χ0n) is 31.2. The monoisotopic (exact) mass is 723 g/mol. The molecule has 3 saturated heterocycles. The van der Waals surface area contributed by atoms with Crippen LogP contribution < -0.4 is 0 Å². The van der Waals surface area contributed by atoms with Crippen LogP contribution >= 0.6 is 0 Å². The van der Waals surface area contributed by atoms with Crippen molar-refractivity contribution in [3.63, 3.8) is 0 Å². The van der Waals surface area contributed by atoms with Crippen LogP contribution in [0.3, 0.4) is 0 Å². The van der Waals surface area contributed by atoms with Gasteiger partial charge in [0.05, 0.1) is 47.3 Å². The van der Waals surface area contributed by atoms with Crippen molar-refractivity contribution in [3.05, 3.63) is 0 Å². The van der Waals surface area contributed by atoms with Crippen LogP contribution in [-0.2, 0) is 23.8 Å². The minimum absolute atomic E-state index is 0.0961. The van der Waals surface area contributed by atoms with E-state index in [1.165, 1.54) is 6.92 Å². The van der Waals surface area contributed by atoms with E-state index < -0.39 is 118 Å². The third-order valence-electron chi connectivity index (χ3n) is 15.8. The number of nitrogens with zero attached hydrogens (tertiary/aromatic N) is 1. The van der Waals surface area contributed by atoms with Crippen molar-refractivity contribution in [1.82, 2.24) is 4.90 Å². The van der Waals surface area contributed by atoms with Gasteiger partial charge in [-0.25, -0.2) is 0 Å². The summed E-state index contributed by atoms with van der Waals surface area (Å²) < 4.78 is 19.0. The number of piperidine rings is 2. The number of carbonyl (C=O) groups excluding carboxylic acids is 2. The lowest BCUT2D eigenvalue weighted by molar-refractivity contribution is -0.301. The molecule has 0 aromatic heterocycles. The second-order valence-electron chi connectivity index (χ2n) is 18.4. The van der Waals surface area contributed by atoms with E-state index in [1.807, 2.05) is 13.8 Å². The number of ether oxygens (including phenoxy) is 3. The van der Waals surface area contributed by atoms with Crippen LogP contribution in [0.15, 0.2) is 0 Å². The summed E-state index contributed by atoms with van der Waals surface area (Å²) in [6, 6.07) is -0.255. The zero-order chi connectivity index (χ0) is 37.4. The average Bonchev–Trinajstić information content (AvgIpc) is 3.37. The molecular weight excluding hydrogens is 662 g/mol. The molecule has 4 saturated carbocycles. The van der Waals surface area contributed by atoms with Gasteiger partial charge in [-0.2, -0.15) is 0 Å². The first-order valence-electron chi connectivity index (χ1n) is 19.4. The fourth-order valence-corrected chi connectivity index (χ4v) is 12.7. The molecule has 0 amide bonds. The third-order valence-corrected chi connectivity index (χ3v) is 15.8. The fourth-order valence-electron chi connectivity index (χ4n) is 12.7. The van der Waals surface area contributed by atoms with Crippen molar-refractivity contribution < 1.29 is 59.5 Å². The van der Waals surface area contributed by atoms with Gasteiger partial charge in [0.1, 0.15) is 23.9 Å². The summed E-state index contributed by atoms with van der Waals surface area (Å²) in [5.41, 5.74) is -7.68. The minimum atomic E-state index is -2.18. The van der Waals surface area contributed by atoms with Crippen LogP contribution in [-0.4, -0.2) is 137 Å². The number of Topliss-reactive ketones (excluding diaryl/α,β-unsaturated/α-hetero) is 1. The van der Waals surface area contributed by atoms with E-state index in [9.17, 15) is 45.3 Å². The number of aliphatic hydroxyl groups is 7.